The summed E-state index contributed by atoms with van der Waals surface area (Å²) in [4.78, 5) is 34.7. The van der Waals surface area contributed by atoms with Crippen LogP contribution in [0.1, 0.15) is 19.3 Å². The molecule has 1 aliphatic carbocycles. The van der Waals surface area contributed by atoms with Crippen molar-refractivity contribution in [2.24, 2.45) is 0 Å². The van der Waals surface area contributed by atoms with E-state index in [1.165, 1.54) is 4.90 Å². The van der Waals surface area contributed by atoms with Gasteiger partial charge >= 0.3 is 6.09 Å². The van der Waals surface area contributed by atoms with Gasteiger partial charge in [0.2, 0.25) is 0 Å². The van der Waals surface area contributed by atoms with Gasteiger partial charge in [-0.15, -0.1) is 0 Å². The van der Waals surface area contributed by atoms with Crippen molar-refractivity contribution in [3.05, 3.63) is 60.4 Å². The maximum Gasteiger partial charge on any atom is 0.420 e. The van der Waals surface area contributed by atoms with Gasteiger partial charge in [0, 0.05) is 41.4 Å². The maximum absolute atomic E-state index is 13.0. The number of hydrogen-bond donors (Lipinski definition) is 1. The second-order valence-electron chi connectivity index (χ2n) is 8.30. The number of carbonyl (C=O) groups is 2. The second kappa shape index (κ2) is 9.13. The summed E-state index contributed by atoms with van der Waals surface area (Å²) in [7, 11) is 4.76. The minimum atomic E-state index is -0.675. The second-order valence-corrected chi connectivity index (χ2v) is 8.30. The van der Waals surface area contributed by atoms with Crippen LogP contribution in [0.25, 0.3) is 33.1 Å². The van der Waals surface area contributed by atoms with E-state index in [4.69, 9.17) is 19.2 Å². The summed E-state index contributed by atoms with van der Waals surface area (Å²) >= 11 is 0. The highest BCUT2D eigenvalue weighted by molar-refractivity contribution is 6.13. The average Bonchev–Trinajstić information content (AvgIpc) is 3.27. The Bertz CT molecular complexity index is 1490. The summed E-state index contributed by atoms with van der Waals surface area (Å²) in [6.45, 7) is 0. The summed E-state index contributed by atoms with van der Waals surface area (Å²) in [5.74, 6) is 1.54. The number of methoxy groups -OCH3 is 2. The Balaban J connectivity index is 1.65. The molecule has 1 amide bonds. The first kappa shape index (κ1) is 22.5. The maximum atomic E-state index is 13.0. The number of ether oxygens (including phenoxy) is 3. The SMILES string of the molecule is COc1ccc(-c2nc(N(C)C(=O)OC3=CCCCC3=O)cc3c2[nH]c2ccccc23)c(OC)c1. The molecule has 2 heterocycles. The molecular formula is C27H25N3O5. The Hall–Kier alpha value is -4.33. The molecule has 0 saturated heterocycles. The van der Waals surface area contributed by atoms with E-state index in [1.807, 2.05) is 42.5 Å². The zero-order chi connectivity index (χ0) is 24.5. The Morgan fingerprint density at radius 1 is 1.06 bits per heavy atom. The molecule has 2 aromatic carbocycles. The lowest BCUT2D eigenvalue weighted by Gasteiger charge is -2.19. The predicted molar refractivity (Wildman–Crippen MR) is 134 cm³/mol. The number of aromatic amines is 1. The van der Waals surface area contributed by atoms with Gasteiger partial charge in [0.25, 0.3) is 0 Å². The van der Waals surface area contributed by atoms with E-state index in [0.717, 1.165) is 33.8 Å². The van der Waals surface area contributed by atoms with Gasteiger partial charge < -0.3 is 19.2 Å². The fraction of sp³-hybridized carbons (Fsp3) is 0.222. The summed E-state index contributed by atoms with van der Waals surface area (Å²) in [5, 5.41) is 1.89. The number of pyridine rings is 1. The first-order chi connectivity index (χ1) is 17.0. The van der Waals surface area contributed by atoms with Crippen LogP contribution < -0.4 is 14.4 Å². The van der Waals surface area contributed by atoms with E-state index >= 15 is 0 Å². The van der Waals surface area contributed by atoms with Gasteiger partial charge in [-0.05, 0) is 43.2 Å². The number of H-pyrrole nitrogens is 1. The Morgan fingerprint density at radius 3 is 2.66 bits per heavy atom. The molecule has 8 heteroatoms. The Kier molecular flexibility index (Phi) is 5.86. The number of ketones is 1. The molecule has 35 heavy (non-hydrogen) atoms. The van der Waals surface area contributed by atoms with E-state index < -0.39 is 6.09 Å². The van der Waals surface area contributed by atoms with Gasteiger partial charge in [-0.25, -0.2) is 9.78 Å². The fourth-order valence-corrected chi connectivity index (χ4v) is 4.28. The minimum absolute atomic E-state index is 0.0957. The monoisotopic (exact) mass is 471 g/mol. The Labute approximate surface area is 202 Å². The van der Waals surface area contributed by atoms with Crippen LogP contribution in [0.5, 0.6) is 11.5 Å². The number of benzene rings is 2. The molecule has 0 bridgehead atoms. The normalized spacial score (nSPS) is 13.6. The van der Waals surface area contributed by atoms with E-state index in [-0.39, 0.29) is 11.5 Å². The van der Waals surface area contributed by atoms with Gasteiger partial charge in [0.05, 0.1) is 19.7 Å². The number of carbonyl (C=O) groups excluding carboxylic acids is 2. The van der Waals surface area contributed by atoms with Crippen LogP contribution in [0, 0.1) is 0 Å². The van der Waals surface area contributed by atoms with Crippen molar-refractivity contribution in [2.75, 3.05) is 26.2 Å². The van der Waals surface area contributed by atoms with Crippen molar-refractivity contribution in [1.29, 1.82) is 0 Å². The number of allylic oxidation sites excluding steroid dienone is 2. The molecule has 4 aromatic rings. The zero-order valence-electron chi connectivity index (χ0n) is 19.8. The molecule has 0 radical (unpaired) electrons. The zero-order valence-corrected chi connectivity index (χ0v) is 19.8. The Morgan fingerprint density at radius 2 is 1.89 bits per heavy atom. The number of amides is 1. The van der Waals surface area contributed by atoms with Crippen molar-refractivity contribution in [3.63, 3.8) is 0 Å². The quantitative estimate of drug-likeness (QED) is 0.407. The highest BCUT2D eigenvalue weighted by atomic mass is 16.6. The summed E-state index contributed by atoms with van der Waals surface area (Å²) in [6.07, 6.45) is 2.84. The fourth-order valence-electron chi connectivity index (χ4n) is 4.28. The van der Waals surface area contributed by atoms with E-state index in [9.17, 15) is 9.59 Å². The molecule has 8 nitrogen and oxygen atoms in total. The van der Waals surface area contributed by atoms with Crippen LogP contribution in [0.2, 0.25) is 0 Å². The van der Waals surface area contributed by atoms with Gasteiger partial charge in [0.1, 0.15) is 23.0 Å². The standard InChI is InChI=1S/C27H25N3O5/c1-30(27(32)35-22-11-7-6-10-21(22)31)24-15-19-17-8-4-5-9-20(17)28-26(19)25(29-24)18-13-12-16(33-2)14-23(18)34-3/h4-5,8-9,11-15,28H,6-7,10H2,1-3H3. The highest BCUT2D eigenvalue weighted by Crippen LogP contribution is 2.39. The topological polar surface area (TPSA) is 93.7 Å². The third-order valence-corrected chi connectivity index (χ3v) is 6.17. The molecule has 0 aliphatic heterocycles. The molecule has 5 rings (SSSR count). The van der Waals surface area contributed by atoms with E-state index in [0.29, 0.717) is 35.9 Å². The number of Topliss-reactive ketones (excluding diaryl/α,β-unsaturated/α-hetero) is 1. The third-order valence-electron chi connectivity index (χ3n) is 6.17. The molecule has 1 N–H and O–H groups in total. The van der Waals surface area contributed by atoms with Gasteiger partial charge in [-0.2, -0.15) is 0 Å². The lowest BCUT2D eigenvalue weighted by Crippen LogP contribution is -2.29. The number of nitrogens with zero attached hydrogens (tertiary/aromatic N) is 2. The largest absolute Gasteiger partial charge is 0.497 e. The van der Waals surface area contributed by atoms with Crippen LogP contribution in [0.15, 0.2) is 60.4 Å². The number of hydrogen-bond acceptors (Lipinski definition) is 6. The molecule has 0 saturated carbocycles. The molecule has 1 aliphatic rings. The van der Waals surface area contributed by atoms with Crippen LogP contribution in [0.4, 0.5) is 10.6 Å². The summed E-state index contributed by atoms with van der Waals surface area (Å²) < 4.78 is 16.4. The molecule has 178 valence electrons. The average molecular weight is 472 g/mol. The molecule has 0 spiro atoms. The number of anilines is 1. The third kappa shape index (κ3) is 4.07. The van der Waals surface area contributed by atoms with E-state index in [2.05, 4.69) is 4.98 Å². The van der Waals surface area contributed by atoms with Crippen molar-refractivity contribution in [3.8, 4) is 22.8 Å². The smallest absolute Gasteiger partial charge is 0.420 e. The van der Waals surface area contributed by atoms with Crippen molar-refractivity contribution in [1.82, 2.24) is 9.97 Å². The molecule has 0 fully saturated rings. The summed E-state index contributed by atoms with van der Waals surface area (Å²) in [6, 6.07) is 15.3. The predicted octanol–water partition coefficient (Wildman–Crippen LogP) is 5.61. The number of rotatable bonds is 5. The van der Waals surface area contributed by atoms with Crippen LogP contribution in [-0.4, -0.2) is 43.1 Å². The van der Waals surface area contributed by atoms with Crippen molar-refractivity contribution < 1.29 is 23.8 Å². The van der Waals surface area contributed by atoms with Crippen LogP contribution in [0.3, 0.4) is 0 Å². The number of aromatic nitrogens is 2. The van der Waals surface area contributed by atoms with E-state index in [1.54, 1.807) is 33.4 Å². The molecule has 2 aromatic heterocycles. The first-order valence-electron chi connectivity index (χ1n) is 11.3. The van der Waals surface area contributed by atoms with Gasteiger partial charge in [0.15, 0.2) is 11.5 Å². The van der Waals surface area contributed by atoms with Crippen molar-refractivity contribution >= 4 is 39.5 Å². The molecule has 0 unspecified atom stereocenters. The lowest BCUT2D eigenvalue weighted by molar-refractivity contribution is -0.118. The van der Waals surface area contributed by atoms with Gasteiger partial charge in [-0.3, -0.25) is 9.69 Å². The van der Waals surface area contributed by atoms with Crippen molar-refractivity contribution in [2.45, 2.75) is 19.3 Å². The minimum Gasteiger partial charge on any atom is -0.497 e. The van der Waals surface area contributed by atoms with Crippen LogP contribution in [-0.2, 0) is 9.53 Å². The summed E-state index contributed by atoms with van der Waals surface area (Å²) in [5.41, 5.74) is 3.10. The number of nitrogens with one attached hydrogen (secondary N) is 1. The molecule has 0 atom stereocenters. The number of fused-ring (bicyclic) bond motifs is 3. The lowest BCUT2D eigenvalue weighted by atomic mass is 10.1. The molecular weight excluding hydrogens is 446 g/mol. The highest BCUT2D eigenvalue weighted by Gasteiger charge is 2.24. The first-order valence-corrected chi connectivity index (χ1v) is 11.3. The number of para-hydroxylation sites is 1. The van der Waals surface area contributed by atoms with Gasteiger partial charge in [-0.1, -0.05) is 18.2 Å². The van der Waals surface area contributed by atoms with Crippen LogP contribution >= 0.6 is 0 Å².